The van der Waals surface area contributed by atoms with E-state index < -0.39 is 11.7 Å². The summed E-state index contributed by atoms with van der Waals surface area (Å²) in [6.45, 7) is 11.6. The van der Waals surface area contributed by atoms with Gasteiger partial charge in [0.25, 0.3) is 0 Å². The average molecular weight is 722 g/mol. The van der Waals surface area contributed by atoms with Gasteiger partial charge >= 0.3 is 0 Å². The highest BCUT2D eigenvalue weighted by molar-refractivity contribution is 7.09. The van der Waals surface area contributed by atoms with Gasteiger partial charge in [-0.15, -0.1) is 11.3 Å². The number of hydrogen-bond acceptors (Lipinski definition) is 8. The number of nitrogens with zero attached hydrogens (tertiary/aromatic N) is 5. The van der Waals surface area contributed by atoms with Gasteiger partial charge in [-0.1, -0.05) is 62.1 Å². The molecular formula is C42H48FN5O3S. The summed E-state index contributed by atoms with van der Waals surface area (Å²) in [5.41, 5.74) is 4.56. The minimum Gasteiger partial charge on any atom is -0.298 e. The number of carbonyl (C=O) groups excluding carboxylic acids is 3. The zero-order chi connectivity index (χ0) is 36.4. The number of piperazine rings is 1. The molecule has 2 aromatic heterocycles. The van der Waals surface area contributed by atoms with Crippen LogP contribution in [0.3, 0.4) is 0 Å². The number of Topliss-reactive ketones (excluding diaryl/α,β-unsaturated/α-hetero) is 2. The van der Waals surface area contributed by atoms with E-state index in [1.807, 2.05) is 36.6 Å². The lowest BCUT2D eigenvalue weighted by Crippen LogP contribution is -2.48. The second kappa shape index (κ2) is 15.9. The summed E-state index contributed by atoms with van der Waals surface area (Å²) in [4.78, 5) is 55.9. The van der Waals surface area contributed by atoms with E-state index in [9.17, 15) is 18.8 Å². The molecule has 7 rings (SSSR count). The van der Waals surface area contributed by atoms with Crippen LogP contribution in [0.5, 0.6) is 0 Å². The number of thiazole rings is 1. The minimum atomic E-state index is -0.905. The van der Waals surface area contributed by atoms with Crippen molar-refractivity contribution in [1.82, 2.24) is 19.8 Å². The maximum absolute atomic E-state index is 14.5. The fourth-order valence-corrected chi connectivity index (χ4v) is 8.79. The van der Waals surface area contributed by atoms with Gasteiger partial charge in [0.15, 0.2) is 17.4 Å². The number of anilines is 2. The molecule has 1 saturated heterocycles. The van der Waals surface area contributed by atoms with E-state index in [-0.39, 0.29) is 34.8 Å². The molecule has 52 heavy (non-hydrogen) atoms. The van der Waals surface area contributed by atoms with E-state index in [0.29, 0.717) is 36.2 Å². The second-order valence-corrected chi connectivity index (χ2v) is 16.2. The van der Waals surface area contributed by atoms with Gasteiger partial charge in [-0.05, 0) is 80.3 Å². The van der Waals surface area contributed by atoms with E-state index in [1.54, 1.807) is 0 Å². The van der Waals surface area contributed by atoms with Crippen molar-refractivity contribution in [2.45, 2.75) is 78.3 Å². The third-order valence-electron chi connectivity index (χ3n) is 11.3. The number of aryl methyl sites for hydroxylation is 1. The van der Waals surface area contributed by atoms with E-state index in [4.69, 9.17) is 0 Å². The Morgan fingerprint density at radius 2 is 1.67 bits per heavy atom. The van der Waals surface area contributed by atoms with Crippen LogP contribution in [0, 0.1) is 30.5 Å². The molecule has 0 radical (unpaired) electrons. The van der Waals surface area contributed by atoms with E-state index in [1.165, 1.54) is 27.9 Å². The zero-order valence-electron chi connectivity index (χ0n) is 30.4. The molecule has 3 aliphatic rings. The molecule has 10 heteroatoms. The SMILES string of the molecule is Cc1nc(C(=O)CCC2CCC(C[C@@H]3C(=O)c4cc(F)cnc4N(c4cccc(-c5ccc(CN6CCN(C(C)C)CC6)cc5)c4)C3=O)CC2)cs1. The molecular weight excluding hydrogens is 674 g/mol. The van der Waals surface area contributed by atoms with Crippen molar-refractivity contribution in [2.75, 3.05) is 31.1 Å². The van der Waals surface area contributed by atoms with Crippen LogP contribution in [0.1, 0.15) is 90.2 Å². The third kappa shape index (κ3) is 8.09. The highest BCUT2D eigenvalue weighted by Crippen LogP contribution is 2.41. The van der Waals surface area contributed by atoms with Crippen LogP contribution in [0.4, 0.5) is 15.9 Å². The number of pyridine rings is 1. The molecule has 2 aromatic carbocycles. The van der Waals surface area contributed by atoms with Gasteiger partial charge in [0.05, 0.1) is 22.5 Å². The van der Waals surface area contributed by atoms with Crippen molar-refractivity contribution in [3.63, 3.8) is 0 Å². The monoisotopic (exact) mass is 721 g/mol. The fourth-order valence-electron chi connectivity index (χ4n) is 8.18. The molecule has 0 N–H and O–H groups in total. The molecule has 4 aromatic rings. The molecule has 2 fully saturated rings. The summed E-state index contributed by atoms with van der Waals surface area (Å²) in [6.07, 6.45) is 6.48. The van der Waals surface area contributed by atoms with Crippen LogP contribution in [0.15, 0.2) is 66.2 Å². The van der Waals surface area contributed by atoms with Crippen LogP contribution in [0.2, 0.25) is 0 Å². The summed E-state index contributed by atoms with van der Waals surface area (Å²) >= 11 is 1.49. The van der Waals surface area contributed by atoms with Gasteiger partial charge in [-0.25, -0.2) is 14.4 Å². The average Bonchev–Trinajstić information content (AvgIpc) is 3.60. The van der Waals surface area contributed by atoms with Crippen molar-refractivity contribution < 1.29 is 18.8 Å². The van der Waals surface area contributed by atoms with Crippen molar-refractivity contribution in [1.29, 1.82) is 0 Å². The number of aromatic nitrogens is 2. The van der Waals surface area contributed by atoms with Gasteiger partial charge < -0.3 is 0 Å². The van der Waals surface area contributed by atoms with Crippen LogP contribution < -0.4 is 4.90 Å². The topological polar surface area (TPSA) is 86.7 Å². The Labute approximate surface area is 310 Å². The first-order valence-corrected chi connectivity index (χ1v) is 19.7. The van der Waals surface area contributed by atoms with Crippen molar-refractivity contribution in [3.8, 4) is 11.1 Å². The number of amides is 1. The molecule has 2 aliphatic heterocycles. The zero-order valence-corrected chi connectivity index (χ0v) is 31.2. The molecule has 1 atom stereocenters. The maximum Gasteiger partial charge on any atom is 0.243 e. The molecule has 1 amide bonds. The Kier molecular flexibility index (Phi) is 11.1. The number of halogens is 1. The Hall–Kier alpha value is -4.12. The summed E-state index contributed by atoms with van der Waals surface area (Å²) in [5, 5.41) is 2.73. The summed E-state index contributed by atoms with van der Waals surface area (Å²) in [7, 11) is 0. The number of ketones is 2. The van der Waals surface area contributed by atoms with Crippen molar-refractivity contribution in [2.24, 2.45) is 17.8 Å². The van der Waals surface area contributed by atoms with Crippen molar-refractivity contribution >= 4 is 40.3 Å². The maximum atomic E-state index is 14.5. The van der Waals surface area contributed by atoms with Gasteiger partial charge in [0, 0.05) is 50.6 Å². The molecule has 1 saturated carbocycles. The molecule has 0 unspecified atom stereocenters. The molecule has 8 nitrogen and oxygen atoms in total. The Morgan fingerprint density at radius 1 is 0.942 bits per heavy atom. The number of carbonyl (C=O) groups is 3. The molecule has 0 bridgehead atoms. The molecule has 0 spiro atoms. The third-order valence-corrected chi connectivity index (χ3v) is 12.1. The predicted octanol–water partition coefficient (Wildman–Crippen LogP) is 8.52. The van der Waals surface area contributed by atoms with Gasteiger partial charge in [0.2, 0.25) is 5.91 Å². The lowest BCUT2D eigenvalue weighted by Gasteiger charge is -2.37. The fraction of sp³-hybridized carbons (Fsp3) is 0.452. The van der Waals surface area contributed by atoms with E-state index in [2.05, 4.69) is 57.9 Å². The van der Waals surface area contributed by atoms with E-state index in [0.717, 1.165) is 87.2 Å². The second-order valence-electron chi connectivity index (χ2n) is 15.1. The largest absolute Gasteiger partial charge is 0.298 e. The number of hydrogen-bond donors (Lipinski definition) is 0. The lowest BCUT2D eigenvalue weighted by molar-refractivity contribution is -0.121. The smallest absolute Gasteiger partial charge is 0.243 e. The van der Waals surface area contributed by atoms with E-state index >= 15 is 0 Å². The summed E-state index contributed by atoms with van der Waals surface area (Å²) < 4.78 is 14.5. The van der Waals surface area contributed by atoms with Gasteiger partial charge in [-0.3, -0.25) is 29.1 Å². The van der Waals surface area contributed by atoms with Gasteiger partial charge in [0.1, 0.15) is 17.4 Å². The first kappa shape index (κ1) is 36.2. The Balaban J connectivity index is 1.03. The first-order chi connectivity index (χ1) is 25.1. The predicted molar refractivity (Wildman–Crippen MR) is 204 cm³/mol. The Morgan fingerprint density at radius 3 is 2.37 bits per heavy atom. The first-order valence-electron chi connectivity index (χ1n) is 18.8. The summed E-state index contributed by atoms with van der Waals surface area (Å²) in [5.74, 6) is -1.26. The quantitative estimate of drug-likeness (QED) is 0.113. The van der Waals surface area contributed by atoms with Crippen LogP contribution in [0.25, 0.3) is 11.1 Å². The van der Waals surface area contributed by atoms with Crippen LogP contribution in [-0.4, -0.2) is 69.5 Å². The van der Waals surface area contributed by atoms with Gasteiger partial charge in [-0.2, -0.15) is 0 Å². The molecule has 272 valence electrons. The highest BCUT2D eigenvalue weighted by Gasteiger charge is 2.43. The normalized spacial score (nSPS) is 21.5. The Bertz CT molecular complexity index is 1910. The standard InChI is InChI=1S/C42H48FN5O3S/c1-27(2)47-19-17-46(18-20-47)25-31-11-14-32(15-12-31)33-5-4-6-35(22-33)48-41-36(23-34(43)24-44-41)40(50)37(42(48)51)21-30-9-7-29(8-10-30)13-16-39(49)38-26-52-28(3)45-38/h4-6,11-12,14-15,22-24,26-27,29-30,37H,7-10,13,16-21,25H2,1-3H3/t29?,30?,37-/m1/s1. The van der Waals surface area contributed by atoms with Crippen LogP contribution in [-0.2, 0) is 11.3 Å². The summed E-state index contributed by atoms with van der Waals surface area (Å²) in [6, 6.07) is 18.1. The molecule has 4 heterocycles. The van der Waals surface area contributed by atoms with Crippen LogP contribution >= 0.6 is 11.3 Å². The number of benzene rings is 2. The minimum absolute atomic E-state index is 0.0943. The lowest BCUT2D eigenvalue weighted by atomic mass is 9.74. The van der Waals surface area contributed by atoms with Crippen molar-refractivity contribution in [3.05, 3.63) is 93.8 Å². The number of rotatable bonds is 11. The highest BCUT2D eigenvalue weighted by atomic mass is 32.1. The number of fused-ring (bicyclic) bond motifs is 1. The molecule has 1 aliphatic carbocycles.